The highest BCUT2D eigenvalue weighted by Crippen LogP contribution is 2.19. The van der Waals surface area contributed by atoms with Gasteiger partial charge in [-0.25, -0.2) is 4.39 Å². The monoisotopic (exact) mass is 270 g/mol. The molecule has 4 nitrogen and oxygen atoms in total. The van der Waals surface area contributed by atoms with Crippen molar-refractivity contribution >= 4 is 11.6 Å². The number of rotatable bonds is 3. The molecule has 2 aromatic rings. The van der Waals surface area contributed by atoms with Gasteiger partial charge in [0.1, 0.15) is 11.9 Å². The third-order valence-electron chi connectivity index (χ3n) is 2.72. The van der Waals surface area contributed by atoms with E-state index in [0.717, 1.165) is 12.1 Å². The van der Waals surface area contributed by atoms with Gasteiger partial charge >= 0.3 is 0 Å². The largest absolute Gasteiger partial charge is 0.378 e. The number of hydrogen-bond donors (Lipinski definition) is 2. The van der Waals surface area contributed by atoms with Crippen LogP contribution in [0.5, 0.6) is 0 Å². The molecule has 0 saturated carbocycles. The smallest absolute Gasteiger partial charge is 0.257 e. The summed E-state index contributed by atoms with van der Waals surface area (Å²) in [7, 11) is 0. The molecular weight excluding hydrogens is 259 g/mol. The molecule has 0 aliphatic rings. The number of carbonyl (C=O) groups excluding carboxylic acids is 1. The van der Waals surface area contributed by atoms with Crippen molar-refractivity contribution in [1.29, 1.82) is 5.26 Å². The van der Waals surface area contributed by atoms with Crippen LogP contribution < -0.4 is 5.32 Å². The fraction of sp³-hybridized carbons (Fsp3) is 0.0667. The fourth-order valence-electron chi connectivity index (χ4n) is 1.71. The lowest BCUT2D eigenvalue weighted by Gasteiger charge is -2.12. The van der Waals surface area contributed by atoms with E-state index in [1.165, 1.54) is 6.07 Å². The summed E-state index contributed by atoms with van der Waals surface area (Å²) in [6.07, 6.45) is -1.35. The van der Waals surface area contributed by atoms with E-state index < -0.39 is 17.8 Å². The number of anilines is 1. The van der Waals surface area contributed by atoms with Crippen molar-refractivity contribution in [3.63, 3.8) is 0 Å². The van der Waals surface area contributed by atoms with Crippen LogP contribution in [-0.2, 0) is 4.79 Å². The molecule has 0 spiro atoms. The molecule has 1 amide bonds. The number of carbonyl (C=O) groups is 1. The van der Waals surface area contributed by atoms with Gasteiger partial charge in [-0.2, -0.15) is 5.26 Å². The second-order valence-corrected chi connectivity index (χ2v) is 4.10. The average molecular weight is 270 g/mol. The van der Waals surface area contributed by atoms with Crippen molar-refractivity contribution in [2.24, 2.45) is 0 Å². The average Bonchev–Trinajstić information content (AvgIpc) is 2.49. The summed E-state index contributed by atoms with van der Waals surface area (Å²) in [5, 5.41) is 21.2. The normalized spacial score (nSPS) is 11.4. The number of nitrogens with zero attached hydrogens (tertiary/aromatic N) is 1. The molecule has 0 fully saturated rings. The van der Waals surface area contributed by atoms with E-state index in [4.69, 9.17) is 5.26 Å². The van der Waals surface area contributed by atoms with Gasteiger partial charge in [-0.05, 0) is 23.8 Å². The number of halogens is 1. The van der Waals surface area contributed by atoms with Crippen LogP contribution in [0.4, 0.5) is 10.1 Å². The van der Waals surface area contributed by atoms with Gasteiger partial charge < -0.3 is 10.4 Å². The van der Waals surface area contributed by atoms with E-state index in [1.807, 2.05) is 0 Å². The molecule has 2 rings (SSSR count). The second kappa shape index (κ2) is 5.95. The SMILES string of the molecule is N#Cc1cc(F)ccc1NC(=O)C(O)c1ccccc1. The minimum atomic E-state index is -1.35. The zero-order valence-electron chi connectivity index (χ0n) is 10.4. The topological polar surface area (TPSA) is 73.1 Å². The van der Waals surface area contributed by atoms with Crippen molar-refractivity contribution in [2.45, 2.75) is 6.10 Å². The molecule has 1 atom stereocenters. The maximum absolute atomic E-state index is 13.0. The van der Waals surface area contributed by atoms with Crippen LogP contribution in [0.1, 0.15) is 17.2 Å². The van der Waals surface area contributed by atoms with Gasteiger partial charge in [0.25, 0.3) is 5.91 Å². The van der Waals surface area contributed by atoms with E-state index in [9.17, 15) is 14.3 Å². The summed E-state index contributed by atoms with van der Waals surface area (Å²) in [6.45, 7) is 0. The molecule has 5 heteroatoms. The van der Waals surface area contributed by atoms with Gasteiger partial charge in [0, 0.05) is 0 Å². The standard InChI is InChI=1S/C15H11FN2O2/c16-12-6-7-13(11(8-12)9-17)18-15(20)14(19)10-4-2-1-3-5-10/h1-8,14,19H,(H,18,20). The van der Waals surface area contributed by atoms with Crippen LogP contribution in [-0.4, -0.2) is 11.0 Å². The van der Waals surface area contributed by atoms with E-state index in [0.29, 0.717) is 5.56 Å². The first-order valence-corrected chi connectivity index (χ1v) is 5.85. The lowest BCUT2D eigenvalue weighted by Crippen LogP contribution is -2.21. The van der Waals surface area contributed by atoms with Crippen LogP contribution in [0.3, 0.4) is 0 Å². The van der Waals surface area contributed by atoms with Crippen molar-refractivity contribution < 1.29 is 14.3 Å². The van der Waals surface area contributed by atoms with Gasteiger partial charge in [0.05, 0.1) is 11.3 Å². The van der Waals surface area contributed by atoms with E-state index in [2.05, 4.69) is 5.32 Å². The first-order chi connectivity index (χ1) is 9.61. The molecule has 100 valence electrons. The van der Waals surface area contributed by atoms with Gasteiger partial charge in [0.15, 0.2) is 6.10 Å². The molecule has 0 radical (unpaired) electrons. The Hall–Kier alpha value is -2.71. The zero-order chi connectivity index (χ0) is 14.5. The molecule has 0 aromatic heterocycles. The summed E-state index contributed by atoms with van der Waals surface area (Å²) in [5.41, 5.74) is 0.595. The van der Waals surface area contributed by atoms with Crippen molar-refractivity contribution in [1.82, 2.24) is 0 Å². The number of aliphatic hydroxyl groups is 1. The van der Waals surface area contributed by atoms with Crippen molar-refractivity contribution in [3.05, 3.63) is 65.5 Å². The van der Waals surface area contributed by atoms with Crippen LogP contribution in [0, 0.1) is 17.1 Å². The Balaban J connectivity index is 2.19. The maximum Gasteiger partial charge on any atom is 0.257 e. The Labute approximate surface area is 115 Å². The predicted octanol–water partition coefficient (Wildman–Crippen LogP) is 2.37. The Bertz CT molecular complexity index is 665. The van der Waals surface area contributed by atoms with Crippen LogP contribution >= 0.6 is 0 Å². The summed E-state index contributed by atoms with van der Waals surface area (Å²) in [5.74, 6) is -1.25. The van der Waals surface area contributed by atoms with Gasteiger partial charge in [0.2, 0.25) is 0 Å². The molecule has 2 aromatic carbocycles. The first kappa shape index (κ1) is 13.7. The fourth-order valence-corrected chi connectivity index (χ4v) is 1.71. The number of benzene rings is 2. The van der Waals surface area contributed by atoms with E-state index in [-0.39, 0.29) is 11.3 Å². The number of hydrogen-bond acceptors (Lipinski definition) is 3. The Morgan fingerprint density at radius 1 is 1.25 bits per heavy atom. The summed E-state index contributed by atoms with van der Waals surface area (Å²) in [6, 6.07) is 13.6. The quantitative estimate of drug-likeness (QED) is 0.899. The third-order valence-corrected chi connectivity index (χ3v) is 2.72. The molecule has 20 heavy (non-hydrogen) atoms. The minimum Gasteiger partial charge on any atom is -0.378 e. The summed E-state index contributed by atoms with van der Waals surface area (Å²) in [4.78, 5) is 11.9. The zero-order valence-corrected chi connectivity index (χ0v) is 10.4. The minimum absolute atomic E-state index is 0.00129. The van der Waals surface area contributed by atoms with Crippen molar-refractivity contribution in [3.8, 4) is 6.07 Å². The number of nitriles is 1. The highest BCUT2D eigenvalue weighted by atomic mass is 19.1. The summed E-state index contributed by atoms with van der Waals surface area (Å²) >= 11 is 0. The Morgan fingerprint density at radius 3 is 2.60 bits per heavy atom. The predicted molar refractivity (Wildman–Crippen MR) is 71.1 cm³/mol. The summed E-state index contributed by atoms with van der Waals surface area (Å²) < 4.78 is 13.0. The highest BCUT2D eigenvalue weighted by molar-refractivity contribution is 5.95. The molecule has 2 N–H and O–H groups in total. The lowest BCUT2D eigenvalue weighted by atomic mass is 10.1. The maximum atomic E-state index is 13.0. The molecule has 0 heterocycles. The molecule has 0 aliphatic carbocycles. The van der Waals surface area contributed by atoms with Crippen LogP contribution in [0.15, 0.2) is 48.5 Å². The van der Waals surface area contributed by atoms with E-state index in [1.54, 1.807) is 36.4 Å². The Morgan fingerprint density at radius 2 is 1.95 bits per heavy atom. The van der Waals surface area contributed by atoms with Gasteiger partial charge in [-0.15, -0.1) is 0 Å². The molecule has 0 saturated heterocycles. The number of amides is 1. The number of nitrogens with one attached hydrogen (secondary N) is 1. The number of aliphatic hydroxyl groups excluding tert-OH is 1. The Kier molecular flexibility index (Phi) is 4.08. The van der Waals surface area contributed by atoms with Crippen LogP contribution in [0.25, 0.3) is 0 Å². The first-order valence-electron chi connectivity index (χ1n) is 5.85. The van der Waals surface area contributed by atoms with Crippen LogP contribution in [0.2, 0.25) is 0 Å². The molecule has 1 unspecified atom stereocenters. The van der Waals surface area contributed by atoms with E-state index >= 15 is 0 Å². The molecule has 0 bridgehead atoms. The van der Waals surface area contributed by atoms with Gasteiger partial charge in [-0.1, -0.05) is 30.3 Å². The third kappa shape index (κ3) is 2.99. The van der Waals surface area contributed by atoms with Crippen molar-refractivity contribution in [2.75, 3.05) is 5.32 Å². The van der Waals surface area contributed by atoms with Gasteiger partial charge in [-0.3, -0.25) is 4.79 Å². The highest BCUT2D eigenvalue weighted by Gasteiger charge is 2.18. The molecular formula is C15H11FN2O2. The lowest BCUT2D eigenvalue weighted by molar-refractivity contribution is -0.124. The second-order valence-electron chi connectivity index (χ2n) is 4.10. The molecule has 0 aliphatic heterocycles.